The molecule has 2 aromatic carbocycles. The van der Waals surface area contributed by atoms with Crippen LogP contribution in [-0.2, 0) is 13.2 Å². The van der Waals surface area contributed by atoms with Crippen LogP contribution in [0.1, 0.15) is 27.2 Å². The summed E-state index contributed by atoms with van der Waals surface area (Å²) in [5.74, 6) is 0.382. The molecule has 5 heteroatoms. The van der Waals surface area contributed by atoms with Crippen LogP contribution in [0, 0.1) is 6.92 Å². The van der Waals surface area contributed by atoms with E-state index in [1.165, 1.54) is 5.56 Å². The molecule has 0 atom stereocenters. The summed E-state index contributed by atoms with van der Waals surface area (Å²) in [5, 5.41) is 2.96. The highest BCUT2D eigenvalue weighted by atomic mass is 16.5. The van der Waals surface area contributed by atoms with Crippen molar-refractivity contribution in [3.8, 4) is 5.75 Å². The van der Waals surface area contributed by atoms with Crippen molar-refractivity contribution in [1.29, 1.82) is 0 Å². The van der Waals surface area contributed by atoms with Gasteiger partial charge in [-0.2, -0.15) is 0 Å². The fraction of sp³-hybridized carbons (Fsp3) is 0.130. The van der Waals surface area contributed by atoms with Gasteiger partial charge in [0.05, 0.1) is 11.3 Å². The maximum Gasteiger partial charge on any atom is 0.255 e. The van der Waals surface area contributed by atoms with Gasteiger partial charge in [0, 0.05) is 18.9 Å². The first kappa shape index (κ1) is 17.8. The highest BCUT2D eigenvalue weighted by Crippen LogP contribution is 2.19. The smallest absolute Gasteiger partial charge is 0.255 e. The molecule has 0 spiro atoms. The summed E-state index contributed by atoms with van der Waals surface area (Å²) >= 11 is 0. The number of para-hydroxylation sites is 1. The van der Waals surface area contributed by atoms with Gasteiger partial charge in [-0.15, -0.1) is 0 Å². The Labute approximate surface area is 163 Å². The predicted octanol–water partition coefficient (Wildman–Crippen LogP) is 4.15. The van der Waals surface area contributed by atoms with Crippen molar-refractivity contribution < 1.29 is 9.53 Å². The summed E-state index contributed by atoms with van der Waals surface area (Å²) in [5.41, 5.74) is 4.44. The molecule has 0 bridgehead atoms. The van der Waals surface area contributed by atoms with E-state index in [-0.39, 0.29) is 5.91 Å². The molecular formula is C23H21N3O2. The minimum Gasteiger partial charge on any atom is -0.486 e. The Morgan fingerprint density at radius 1 is 1.04 bits per heavy atom. The summed E-state index contributed by atoms with van der Waals surface area (Å²) < 4.78 is 7.85. The second-order valence-electron chi connectivity index (χ2n) is 6.65. The Morgan fingerprint density at radius 2 is 1.82 bits per heavy atom. The second-order valence-corrected chi connectivity index (χ2v) is 6.65. The molecule has 0 aliphatic carbocycles. The van der Waals surface area contributed by atoms with E-state index >= 15 is 0 Å². The molecule has 1 amide bonds. The quantitative estimate of drug-likeness (QED) is 0.554. The Balaban J connectivity index is 1.43. The van der Waals surface area contributed by atoms with E-state index in [1.807, 2.05) is 78.3 Å². The van der Waals surface area contributed by atoms with Crippen molar-refractivity contribution in [1.82, 2.24) is 14.7 Å². The Kier molecular flexibility index (Phi) is 5.06. The number of aromatic nitrogens is 2. The maximum atomic E-state index is 12.6. The van der Waals surface area contributed by atoms with Gasteiger partial charge in [0.15, 0.2) is 0 Å². The maximum absolute atomic E-state index is 12.6. The van der Waals surface area contributed by atoms with Crippen LogP contribution < -0.4 is 10.1 Å². The monoisotopic (exact) mass is 371 g/mol. The molecule has 140 valence electrons. The number of nitrogens with one attached hydrogen (secondary N) is 1. The SMILES string of the molecule is Cc1ccc(CNC(=O)c2ccccc2OCc2cn3ccccc3n2)cc1. The summed E-state index contributed by atoms with van der Waals surface area (Å²) in [6.07, 6.45) is 3.87. The standard InChI is InChI=1S/C23H21N3O2/c1-17-9-11-18(12-10-17)14-24-23(27)20-6-2-3-7-21(20)28-16-19-15-26-13-5-4-8-22(26)25-19/h2-13,15H,14,16H2,1H3,(H,24,27). The van der Waals surface area contributed by atoms with Gasteiger partial charge in [0.25, 0.3) is 5.91 Å². The number of aryl methyl sites for hydroxylation is 1. The second kappa shape index (κ2) is 7.96. The normalized spacial score (nSPS) is 10.8. The van der Waals surface area contributed by atoms with Crippen molar-refractivity contribution in [3.63, 3.8) is 0 Å². The van der Waals surface area contributed by atoms with Crippen molar-refractivity contribution in [3.05, 3.63) is 102 Å². The van der Waals surface area contributed by atoms with Gasteiger partial charge >= 0.3 is 0 Å². The predicted molar refractivity (Wildman–Crippen MR) is 108 cm³/mol. The summed E-state index contributed by atoms with van der Waals surface area (Å²) in [6.45, 7) is 2.81. The highest BCUT2D eigenvalue weighted by Gasteiger charge is 2.12. The van der Waals surface area contributed by atoms with E-state index in [4.69, 9.17) is 4.74 Å². The highest BCUT2D eigenvalue weighted by molar-refractivity contribution is 5.96. The van der Waals surface area contributed by atoms with E-state index in [9.17, 15) is 4.79 Å². The Hall–Kier alpha value is -3.60. The molecular weight excluding hydrogens is 350 g/mol. The zero-order valence-electron chi connectivity index (χ0n) is 15.6. The topological polar surface area (TPSA) is 55.6 Å². The van der Waals surface area contributed by atoms with Crippen molar-refractivity contribution in [2.45, 2.75) is 20.1 Å². The first-order chi connectivity index (χ1) is 13.7. The molecule has 2 heterocycles. The van der Waals surface area contributed by atoms with Crippen LogP contribution in [0.2, 0.25) is 0 Å². The average molecular weight is 371 g/mol. The van der Waals surface area contributed by atoms with E-state index in [0.717, 1.165) is 16.9 Å². The summed E-state index contributed by atoms with van der Waals surface area (Å²) in [7, 11) is 0. The zero-order valence-corrected chi connectivity index (χ0v) is 15.6. The van der Waals surface area contributed by atoms with Crippen LogP contribution in [0.3, 0.4) is 0 Å². The van der Waals surface area contributed by atoms with Crippen molar-refractivity contribution >= 4 is 11.6 Å². The molecule has 4 aromatic rings. The van der Waals surface area contributed by atoms with Crippen molar-refractivity contribution in [2.24, 2.45) is 0 Å². The number of pyridine rings is 1. The van der Waals surface area contributed by atoms with Crippen LogP contribution in [0.15, 0.2) is 79.1 Å². The minimum atomic E-state index is -0.161. The lowest BCUT2D eigenvalue weighted by Crippen LogP contribution is -2.23. The Morgan fingerprint density at radius 3 is 2.64 bits per heavy atom. The molecule has 1 N–H and O–H groups in total. The van der Waals surface area contributed by atoms with Gasteiger partial charge in [-0.1, -0.05) is 48.0 Å². The number of rotatable bonds is 6. The van der Waals surface area contributed by atoms with Gasteiger partial charge in [-0.25, -0.2) is 4.98 Å². The molecule has 0 radical (unpaired) electrons. The number of amides is 1. The van der Waals surface area contributed by atoms with E-state index in [2.05, 4.69) is 10.3 Å². The third kappa shape index (κ3) is 4.04. The number of nitrogens with zero attached hydrogens (tertiary/aromatic N) is 2. The summed E-state index contributed by atoms with van der Waals surface area (Å²) in [4.78, 5) is 17.2. The average Bonchev–Trinajstić information content (AvgIpc) is 3.15. The number of imidazole rings is 1. The molecule has 0 saturated carbocycles. The third-order valence-electron chi connectivity index (χ3n) is 4.49. The fourth-order valence-electron chi connectivity index (χ4n) is 2.97. The van der Waals surface area contributed by atoms with E-state index < -0.39 is 0 Å². The number of carbonyl (C=O) groups excluding carboxylic acids is 1. The first-order valence-corrected chi connectivity index (χ1v) is 9.17. The molecule has 2 aromatic heterocycles. The van der Waals surface area contributed by atoms with Crippen LogP contribution in [0.4, 0.5) is 0 Å². The van der Waals surface area contributed by atoms with Gasteiger partial charge in [-0.05, 0) is 36.8 Å². The molecule has 0 aliphatic rings. The molecule has 0 fully saturated rings. The van der Waals surface area contributed by atoms with Gasteiger partial charge in [-0.3, -0.25) is 4.79 Å². The molecule has 28 heavy (non-hydrogen) atoms. The lowest BCUT2D eigenvalue weighted by molar-refractivity contribution is 0.0946. The molecule has 0 unspecified atom stereocenters. The van der Waals surface area contributed by atoms with Crippen LogP contribution in [-0.4, -0.2) is 15.3 Å². The van der Waals surface area contributed by atoms with Crippen LogP contribution in [0.25, 0.3) is 5.65 Å². The van der Waals surface area contributed by atoms with Gasteiger partial charge in [0.2, 0.25) is 0 Å². The van der Waals surface area contributed by atoms with Crippen LogP contribution in [0.5, 0.6) is 5.75 Å². The van der Waals surface area contributed by atoms with Gasteiger partial charge in [0.1, 0.15) is 18.0 Å². The Bertz CT molecular complexity index is 1070. The van der Waals surface area contributed by atoms with Crippen LogP contribution >= 0.6 is 0 Å². The first-order valence-electron chi connectivity index (χ1n) is 9.17. The molecule has 4 rings (SSSR count). The fourth-order valence-corrected chi connectivity index (χ4v) is 2.97. The molecule has 5 nitrogen and oxygen atoms in total. The van der Waals surface area contributed by atoms with Crippen molar-refractivity contribution in [2.75, 3.05) is 0 Å². The number of fused-ring (bicyclic) bond motifs is 1. The number of benzene rings is 2. The summed E-state index contributed by atoms with van der Waals surface area (Å²) in [6, 6.07) is 21.2. The number of carbonyl (C=O) groups is 1. The number of hydrogen-bond acceptors (Lipinski definition) is 3. The largest absolute Gasteiger partial charge is 0.486 e. The molecule has 0 saturated heterocycles. The van der Waals surface area contributed by atoms with Gasteiger partial charge < -0.3 is 14.5 Å². The zero-order chi connectivity index (χ0) is 19.3. The van der Waals surface area contributed by atoms with E-state index in [1.54, 1.807) is 12.1 Å². The molecule has 0 aliphatic heterocycles. The number of hydrogen-bond donors (Lipinski definition) is 1. The minimum absolute atomic E-state index is 0.161. The lowest BCUT2D eigenvalue weighted by atomic mass is 10.1. The van der Waals surface area contributed by atoms with E-state index in [0.29, 0.717) is 24.5 Å². The third-order valence-corrected chi connectivity index (χ3v) is 4.49. The number of ether oxygens (including phenoxy) is 1. The lowest BCUT2D eigenvalue weighted by Gasteiger charge is -2.11.